The van der Waals surface area contributed by atoms with Gasteiger partial charge in [0.25, 0.3) is 0 Å². The molecule has 1 saturated carbocycles. The molecule has 0 bridgehead atoms. The molecule has 0 unspecified atom stereocenters. The lowest BCUT2D eigenvalue weighted by Crippen LogP contribution is -2.52. The normalized spacial score (nSPS) is 23.9. The van der Waals surface area contributed by atoms with Crippen LogP contribution in [-0.4, -0.2) is 31.8 Å². The van der Waals surface area contributed by atoms with Gasteiger partial charge in [-0.15, -0.1) is 0 Å². The van der Waals surface area contributed by atoms with E-state index in [-0.39, 0.29) is 5.44 Å². The van der Waals surface area contributed by atoms with Crippen molar-refractivity contribution < 1.29 is 0 Å². The van der Waals surface area contributed by atoms with Crippen molar-refractivity contribution in [3.05, 3.63) is 0 Å². The Balaban J connectivity index is 2.38. The van der Waals surface area contributed by atoms with Crippen molar-refractivity contribution in [1.29, 1.82) is 0 Å². The molecule has 0 amide bonds. The fourth-order valence-electron chi connectivity index (χ4n) is 1.24. The van der Waals surface area contributed by atoms with Crippen molar-refractivity contribution in [1.82, 2.24) is 4.90 Å². The van der Waals surface area contributed by atoms with E-state index in [0.29, 0.717) is 0 Å². The van der Waals surface area contributed by atoms with Crippen LogP contribution in [0.5, 0.6) is 0 Å². The Kier molecular flexibility index (Phi) is 1.85. The Hall–Kier alpha value is 0.0249. The van der Waals surface area contributed by atoms with Crippen LogP contribution in [0.2, 0.25) is 0 Å². The van der Waals surface area contributed by atoms with Gasteiger partial charge in [0.05, 0.1) is 7.85 Å². The minimum Gasteiger partial charge on any atom is -0.309 e. The fraction of sp³-hybridized carbons (Fsp3) is 1.00. The van der Waals surface area contributed by atoms with Crippen molar-refractivity contribution in [2.75, 3.05) is 13.6 Å². The molecule has 0 atom stereocenters. The average Bonchev–Trinajstić information content (AvgIpc) is 1.81. The quantitative estimate of drug-likeness (QED) is 0.495. The molecule has 0 aliphatic heterocycles. The Morgan fingerprint density at radius 2 is 2.11 bits per heavy atom. The van der Waals surface area contributed by atoms with Crippen LogP contribution in [0, 0.1) is 0 Å². The topological polar surface area (TPSA) is 3.24 Å². The number of hydrogen-bond acceptors (Lipinski definition) is 1. The van der Waals surface area contributed by atoms with E-state index in [1.807, 2.05) is 0 Å². The average molecular weight is 123 g/mol. The first kappa shape index (κ1) is 7.14. The summed E-state index contributed by atoms with van der Waals surface area (Å²) in [5.41, 5.74) is 0.0642. The van der Waals surface area contributed by atoms with Gasteiger partial charge in [-0.3, -0.25) is 0 Å². The van der Waals surface area contributed by atoms with E-state index in [9.17, 15) is 0 Å². The van der Waals surface area contributed by atoms with Crippen molar-refractivity contribution in [2.45, 2.75) is 31.6 Å². The number of nitrogens with zero attached hydrogens (tertiary/aromatic N) is 1. The van der Waals surface area contributed by atoms with E-state index in [4.69, 9.17) is 7.85 Å². The lowest BCUT2D eigenvalue weighted by Gasteiger charge is -2.46. The standard InChI is InChI=1S/C7H14BN/c1-3-9(2)7(8)5-4-6-7/h3-6H2,1-2H3. The first-order valence-corrected chi connectivity index (χ1v) is 3.69. The highest BCUT2D eigenvalue weighted by atomic mass is 15.2. The Labute approximate surface area is 58.8 Å². The largest absolute Gasteiger partial charge is 0.309 e. The Morgan fingerprint density at radius 3 is 2.22 bits per heavy atom. The van der Waals surface area contributed by atoms with E-state index in [2.05, 4.69) is 18.9 Å². The maximum Gasteiger partial charge on any atom is 0.0957 e. The highest BCUT2D eigenvalue weighted by Crippen LogP contribution is 2.33. The molecular weight excluding hydrogens is 109 g/mol. The zero-order chi connectivity index (χ0) is 6.91. The Morgan fingerprint density at radius 1 is 1.56 bits per heavy atom. The molecule has 1 fully saturated rings. The van der Waals surface area contributed by atoms with Gasteiger partial charge in [0.15, 0.2) is 0 Å². The second-order valence-electron chi connectivity index (χ2n) is 2.97. The third-order valence-electron chi connectivity index (χ3n) is 2.45. The van der Waals surface area contributed by atoms with Crippen LogP contribution in [0.15, 0.2) is 0 Å². The van der Waals surface area contributed by atoms with Gasteiger partial charge >= 0.3 is 0 Å². The van der Waals surface area contributed by atoms with Gasteiger partial charge in [-0.2, -0.15) is 0 Å². The predicted molar refractivity (Wildman–Crippen MR) is 40.6 cm³/mol. The molecule has 1 aliphatic rings. The predicted octanol–water partition coefficient (Wildman–Crippen LogP) is 0.987. The maximum atomic E-state index is 5.98. The van der Waals surface area contributed by atoms with Crippen molar-refractivity contribution in [2.24, 2.45) is 0 Å². The summed E-state index contributed by atoms with van der Waals surface area (Å²) in [6.07, 6.45) is 3.66. The minimum atomic E-state index is 0.0642. The van der Waals surface area contributed by atoms with Gasteiger partial charge in [0.1, 0.15) is 0 Å². The molecule has 0 spiro atoms. The van der Waals surface area contributed by atoms with Crippen LogP contribution < -0.4 is 0 Å². The molecule has 0 heterocycles. The van der Waals surface area contributed by atoms with Gasteiger partial charge in [-0.25, -0.2) is 0 Å². The lowest BCUT2D eigenvalue weighted by atomic mass is 9.61. The van der Waals surface area contributed by atoms with E-state index in [0.717, 1.165) is 6.54 Å². The summed E-state index contributed by atoms with van der Waals surface area (Å²) in [7, 11) is 8.08. The third kappa shape index (κ3) is 1.13. The Bertz CT molecular complexity index is 99.1. The molecule has 0 aromatic rings. The molecule has 9 heavy (non-hydrogen) atoms. The van der Waals surface area contributed by atoms with Gasteiger partial charge < -0.3 is 4.90 Å². The fourth-order valence-corrected chi connectivity index (χ4v) is 1.24. The second-order valence-corrected chi connectivity index (χ2v) is 2.97. The summed E-state index contributed by atoms with van der Waals surface area (Å²) in [4.78, 5) is 2.23. The highest BCUT2D eigenvalue weighted by Gasteiger charge is 2.33. The zero-order valence-electron chi connectivity index (χ0n) is 6.35. The van der Waals surface area contributed by atoms with Crippen LogP contribution in [0.4, 0.5) is 0 Å². The molecule has 2 radical (unpaired) electrons. The maximum absolute atomic E-state index is 5.98. The monoisotopic (exact) mass is 123 g/mol. The number of rotatable bonds is 2. The molecule has 1 aliphatic carbocycles. The van der Waals surface area contributed by atoms with E-state index < -0.39 is 0 Å². The lowest BCUT2D eigenvalue weighted by molar-refractivity contribution is 0.124. The molecule has 0 saturated heterocycles. The van der Waals surface area contributed by atoms with Gasteiger partial charge in [0, 0.05) is 0 Å². The molecule has 2 heteroatoms. The summed E-state index contributed by atoms with van der Waals surface area (Å²) < 4.78 is 0. The molecule has 0 aromatic carbocycles. The first-order chi connectivity index (χ1) is 4.19. The van der Waals surface area contributed by atoms with Gasteiger partial charge in [0.2, 0.25) is 0 Å². The van der Waals surface area contributed by atoms with Crippen molar-refractivity contribution >= 4 is 7.85 Å². The van der Waals surface area contributed by atoms with E-state index in [1.54, 1.807) is 0 Å². The first-order valence-electron chi connectivity index (χ1n) is 3.69. The van der Waals surface area contributed by atoms with Crippen LogP contribution in [0.1, 0.15) is 26.2 Å². The molecule has 1 rings (SSSR count). The van der Waals surface area contributed by atoms with Crippen molar-refractivity contribution in [3.63, 3.8) is 0 Å². The minimum absolute atomic E-state index is 0.0642. The number of hydrogen-bond donors (Lipinski definition) is 0. The van der Waals surface area contributed by atoms with Crippen LogP contribution >= 0.6 is 0 Å². The smallest absolute Gasteiger partial charge is 0.0957 e. The zero-order valence-corrected chi connectivity index (χ0v) is 6.35. The van der Waals surface area contributed by atoms with Gasteiger partial charge in [-0.05, 0) is 31.9 Å². The SMILES string of the molecule is [B]C1(N(C)CC)CCC1. The summed E-state index contributed by atoms with van der Waals surface area (Å²) >= 11 is 0. The third-order valence-corrected chi connectivity index (χ3v) is 2.45. The second kappa shape index (κ2) is 2.33. The molecule has 50 valence electrons. The summed E-state index contributed by atoms with van der Waals surface area (Å²) in [6.45, 7) is 3.21. The van der Waals surface area contributed by atoms with Crippen LogP contribution in [-0.2, 0) is 0 Å². The van der Waals surface area contributed by atoms with Crippen molar-refractivity contribution in [3.8, 4) is 0 Å². The molecule has 0 aromatic heterocycles. The molecule has 1 nitrogen and oxygen atoms in total. The van der Waals surface area contributed by atoms with E-state index in [1.165, 1.54) is 19.3 Å². The van der Waals surface area contributed by atoms with Crippen LogP contribution in [0.3, 0.4) is 0 Å². The van der Waals surface area contributed by atoms with Crippen LogP contribution in [0.25, 0.3) is 0 Å². The summed E-state index contributed by atoms with van der Waals surface area (Å²) in [6, 6.07) is 0. The molecular formula is C7H14BN. The summed E-state index contributed by atoms with van der Waals surface area (Å²) in [5.74, 6) is 0. The molecule has 0 N–H and O–H groups in total. The van der Waals surface area contributed by atoms with E-state index >= 15 is 0 Å². The highest BCUT2D eigenvalue weighted by molar-refractivity contribution is 6.15. The van der Waals surface area contributed by atoms with Gasteiger partial charge in [-0.1, -0.05) is 13.3 Å². The summed E-state index contributed by atoms with van der Waals surface area (Å²) in [5, 5.41) is 0.